The van der Waals surface area contributed by atoms with Crippen LogP contribution in [0.3, 0.4) is 0 Å². The molecule has 64 valence electrons. The lowest BCUT2D eigenvalue weighted by Gasteiger charge is -2.00. The second-order valence-electron chi connectivity index (χ2n) is 2.08. The van der Waals surface area contributed by atoms with Crippen molar-refractivity contribution in [2.75, 3.05) is 11.9 Å². The van der Waals surface area contributed by atoms with Gasteiger partial charge in [-0.3, -0.25) is 4.79 Å². The van der Waals surface area contributed by atoms with E-state index < -0.39 is 12.5 Å². The number of nitrogens with one attached hydrogen (secondary N) is 1. The molecular formula is C7H7IN2O2. The second-order valence-corrected chi connectivity index (χ2v) is 3.18. The highest BCUT2D eigenvalue weighted by Gasteiger charge is 1.98. The lowest BCUT2D eigenvalue weighted by atomic mass is 10.4. The van der Waals surface area contributed by atoms with Crippen LogP contribution in [0, 0.1) is 3.70 Å². The van der Waals surface area contributed by atoms with Gasteiger partial charge in [-0.05, 0) is 34.7 Å². The fourth-order valence-electron chi connectivity index (χ4n) is 0.650. The predicted octanol–water partition coefficient (Wildman–Crippen LogP) is 0.617. The molecule has 1 aromatic heterocycles. The summed E-state index contributed by atoms with van der Waals surface area (Å²) in [7, 11) is 0. The molecule has 1 heterocycles. The molecule has 0 radical (unpaired) electrons. The summed E-state index contributed by atoms with van der Waals surface area (Å²) in [5.41, 5.74) is 0.592. The summed E-state index contributed by atoms with van der Waals surface area (Å²) in [6.45, 7) is -0.508. The maximum absolute atomic E-state index is 10.7. The molecule has 12 heavy (non-hydrogen) atoms. The summed E-state index contributed by atoms with van der Waals surface area (Å²) >= 11 is 2.07. The van der Waals surface area contributed by atoms with E-state index in [4.69, 9.17) is 5.11 Å². The van der Waals surface area contributed by atoms with Crippen LogP contribution in [0.15, 0.2) is 18.3 Å². The van der Waals surface area contributed by atoms with Crippen LogP contribution in [0.2, 0.25) is 0 Å². The Morgan fingerprint density at radius 2 is 2.42 bits per heavy atom. The lowest BCUT2D eigenvalue weighted by Crippen LogP contribution is -2.15. The Morgan fingerprint density at radius 3 is 2.92 bits per heavy atom. The fourth-order valence-corrected chi connectivity index (χ4v) is 0.969. The Morgan fingerprint density at radius 1 is 1.67 bits per heavy atom. The van der Waals surface area contributed by atoms with Crippen molar-refractivity contribution in [3.05, 3.63) is 22.0 Å². The van der Waals surface area contributed by atoms with Gasteiger partial charge in [-0.2, -0.15) is 0 Å². The first-order valence-electron chi connectivity index (χ1n) is 3.24. The number of anilines is 1. The van der Waals surface area contributed by atoms with Crippen LogP contribution in [0.5, 0.6) is 0 Å². The van der Waals surface area contributed by atoms with Gasteiger partial charge in [0.15, 0.2) is 0 Å². The van der Waals surface area contributed by atoms with Gasteiger partial charge in [0.25, 0.3) is 0 Å². The molecule has 1 amide bonds. The molecule has 0 bridgehead atoms. The molecule has 0 saturated heterocycles. The van der Waals surface area contributed by atoms with Crippen LogP contribution in [0.1, 0.15) is 0 Å². The average Bonchev–Trinajstić information content (AvgIpc) is 2.09. The molecule has 1 rings (SSSR count). The fraction of sp³-hybridized carbons (Fsp3) is 0.143. The van der Waals surface area contributed by atoms with E-state index in [1.807, 2.05) is 0 Å². The summed E-state index contributed by atoms with van der Waals surface area (Å²) in [5.74, 6) is -0.432. The third-order valence-corrected chi connectivity index (χ3v) is 1.79. The highest BCUT2D eigenvalue weighted by molar-refractivity contribution is 14.1. The number of nitrogens with zero attached hydrogens (tertiary/aromatic N) is 1. The molecule has 0 spiro atoms. The SMILES string of the molecule is O=C(CO)Nc1ccc(I)nc1. The minimum absolute atomic E-state index is 0.432. The Kier molecular flexibility index (Phi) is 3.42. The van der Waals surface area contributed by atoms with E-state index in [1.165, 1.54) is 6.20 Å². The van der Waals surface area contributed by atoms with Gasteiger partial charge >= 0.3 is 0 Å². The van der Waals surface area contributed by atoms with Gasteiger partial charge in [-0.25, -0.2) is 4.98 Å². The third-order valence-electron chi connectivity index (χ3n) is 1.15. The number of aliphatic hydroxyl groups is 1. The maximum atomic E-state index is 10.7. The minimum Gasteiger partial charge on any atom is -0.387 e. The van der Waals surface area contributed by atoms with E-state index >= 15 is 0 Å². The first-order valence-corrected chi connectivity index (χ1v) is 4.32. The summed E-state index contributed by atoms with van der Waals surface area (Å²) in [6, 6.07) is 3.50. The van der Waals surface area contributed by atoms with Crippen molar-refractivity contribution >= 4 is 34.2 Å². The summed E-state index contributed by atoms with van der Waals surface area (Å²) in [6.07, 6.45) is 1.54. The maximum Gasteiger partial charge on any atom is 0.250 e. The second kappa shape index (κ2) is 4.36. The van der Waals surface area contributed by atoms with Crippen LogP contribution in [-0.4, -0.2) is 22.6 Å². The zero-order valence-electron chi connectivity index (χ0n) is 6.12. The normalized spacial score (nSPS) is 9.50. The molecule has 0 atom stereocenters. The van der Waals surface area contributed by atoms with Gasteiger partial charge in [0.2, 0.25) is 5.91 Å². The number of aromatic nitrogens is 1. The molecule has 0 aromatic carbocycles. The van der Waals surface area contributed by atoms with E-state index in [0.717, 1.165) is 3.70 Å². The minimum atomic E-state index is -0.508. The van der Waals surface area contributed by atoms with Gasteiger partial charge < -0.3 is 10.4 Å². The number of hydrogen-bond donors (Lipinski definition) is 2. The molecule has 1 aromatic rings. The van der Waals surface area contributed by atoms with Gasteiger partial charge in [0, 0.05) is 0 Å². The van der Waals surface area contributed by atoms with E-state index in [-0.39, 0.29) is 0 Å². The Hall–Kier alpha value is -0.690. The summed E-state index contributed by atoms with van der Waals surface area (Å²) in [5, 5.41) is 10.9. The molecule has 0 aliphatic heterocycles. The molecule has 0 aliphatic rings. The van der Waals surface area contributed by atoms with Crippen molar-refractivity contribution in [3.63, 3.8) is 0 Å². The zero-order valence-corrected chi connectivity index (χ0v) is 8.28. The molecular weight excluding hydrogens is 271 g/mol. The third kappa shape index (κ3) is 2.74. The first kappa shape index (κ1) is 9.40. The summed E-state index contributed by atoms with van der Waals surface area (Å²) < 4.78 is 0.856. The van der Waals surface area contributed by atoms with Crippen molar-refractivity contribution < 1.29 is 9.90 Å². The van der Waals surface area contributed by atoms with Crippen molar-refractivity contribution in [1.29, 1.82) is 0 Å². The molecule has 4 nitrogen and oxygen atoms in total. The smallest absolute Gasteiger partial charge is 0.250 e. The quantitative estimate of drug-likeness (QED) is 0.615. The number of pyridine rings is 1. The van der Waals surface area contributed by atoms with Crippen LogP contribution in [-0.2, 0) is 4.79 Å². The number of hydrogen-bond acceptors (Lipinski definition) is 3. The Bertz CT molecular complexity index is 273. The molecule has 2 N–H and O–H groups in total. The monoisotopic (exact) mass is 278 g/mol. The van der Waals surface area contributed by atoms with Crippen molar-refractivity contribution in [3.8, 4) is 0 Å². The predicted molar refractivity (Wildman–Crippen MR) is 52.7 cm³/mol. The molecule has 0 unspecified atom stereocenters. The number of carbonyl (C=O) groups is 1. The van der Waals surface area contributed by atoms with E-state index in [0.29, 0.717) is 5.69 Å². The van der Waals surface area contributed by atoms with Crippen molar-refractivity contribution in [1.82, 2.24) is 4.98 Å². The molecule has 0 saturated carbocycles. The van der Waals surface area contributed by atoms with Gasteiger partial charge in [0.05, 0.1) is 11.9 Å². The highest BCUT2D eigenvalue weighted by Crippen LogP contribution is 2.06. The van der Waals surface area contributed by atoms with Crippen molar-refractivity contribution in [2.24, 2.45) is 0 Å². The Balaban J connectivity index is 2.64. The van der Waals surface area contributed by atoms with E-state index in [2.05, 4.69) is 32.9 Å². The van der Waals surface area contributed by atoms with Gasteiger partial charge in [-0.15, -0.1) is 0 Å². The number of halogens is 1. The number of amides is 1. The van der Waals surface area contributed by atoms with Gasteiger partial charge in [0.1, 0.15) is 10.3 Å². The standard InChI is InChI=1S/C7H7IN2O2/c8-6-2-1-5(3-9-6)10-7(12)4-11/h1-3,11H,4H2,(H,10,12). The molecule has 0 fully saturated rings. The summed E-state index contributed by atoms with van der Waals surface area (Å²) in [4.78, 5) is 14.6. The van der Waals surface area contributed by atoms with E-state index in [1.54, 1.807) is 12.1 Å². The van der Waals surface area contributed by atoms with Crippen LogP contribution in [0.25, 0.3) is 0 Å². The van der Waals surface area contributed by atoms with Crippen LogP contribution < -0.4 is 5.32 Å². The number of aliphatic hydroxyl groups excluding tert-OH is 1. The van der Waals surface area contributed by atoms with Crippen LogP contribution >= 0.6 is 22.6 Å². The largest absolute Gasteiger partial charge is 0.387 e. The number of carbonyl (C=O) groups excluding carboxylic acids is 1. The lowest BCUT2D eigenvalue weighted by molar-refractivity contribution is -0.118. The van der Waals surface area contributed by atoms with E-state index in [9.17, 15) is 4.79 Å². The topological polar surface area (TPSA) is 62.2 Å². The average molecular weight is 278 g/mol. The van der Waals surface area contributed by atoms with Crippen molar-refractivity contribution in [2.45, 2.75) is 0 Å². The van der Waals surface area contributed by atoms with Crippen LogP contribution in [0.4, 0.5) is 5.69 Å². The van der Waals surface area contributed by atoms with Gasteiger partial charge in [-0.1, -0.05) is 0 Å². The molecule has 0 aliphatic carbocycles. The zero-order chi connectivity index (χ0) is 8.97. The molecule has 5 heteroatoms. The number of rotatable bonds is 2. The Labute approximate surface area is 83.1 Å². The first-order chi connectivity index (χ1) is 5.72. The highest BCUT2D eigenvalue weighted by atomic mass is 127.